The lowest BCUT2D eigenvalue weighted by Crippen LogP contribution is -2.46. The number of nitrogens with one attached hydrogen (secondary N) is 1. The molecule has 1 heterocycles. The van der Waals surface area contributed by atoms with E-state index in [1.807, 2.05) is 0 Å². The van der Waals surface area contributed by atoms with Crippen LogP contribution in [0.5, 0.6) is 0 Å². The van der Waals surface area contributed by atoms with Gasteiger partial charge in [0.15, 0.2) is 0 Å². The summed E-state index contributed by atoms with van der Waals surface area (Å²) >= 11 is 0. The first-order chi connectivity index (χ1) is 7.16. The molecule has 0 radical (unpaired) electrons. The SMILES string of the molecule is CC#CCNC(=O)N1CCC[C@H]1C(=O)O. The van der Waals surface area contributed by atoms with Crippen LogP contribution in [-0.2, 0) is 4.79 Å². The fraction of sp³-hybridized carbons (Fsp3) is 0.600. The van der Waals surface area contributed by atoms with Gasteiger partial charge in [-0.05, 0) is 19.8 Å². The molecule has 1 fully saturated rings. The van der Waals surface area contributed by atoms with Crippen molar-refractivity contribution in [1.29, 1.82) is 0 Å². The first-order valence-corrected chi connectivity index (χ1v) is 4.83. The van der Waals surface area contributed by atoms with Gasteiger partial charge in [-0.2, -0.15) is 0 Å². The molecule has 2 N–H and O–H groups in total. The van der Waals surface area contributed by atoms with Gasteiger partial charge in [-0.1, -0.05) is 5.92 Å². The molecule has 0 spiro atoms. The number of likely N-dealkylation sites (tertiary alicyclic amines) is 1. The number of aliphatic carboxylic acids is 1. The van der Waals surface area contributed by atoms with Crippen LogP contribution < -0.4 is 5.32 Å². The van der Waals surface area contributed by atoms with Crippen molar-refractivity contribution >= 4 is 12.0 Å². The molecule has 0 aromatic rings. The van der Waals surface area contributed by atoms with Crippen molar-refractivity contribution in [1.82, 2.24) is 10.2 Å². The Morgan fingerprint density at radius 3 is 2.93 bits per heavy atom. The Balaban J connectivity index is 2.50. The highest BCUT2D eigenvalue weighted by Gasteiger charge is 2.33. The largest absolute Gasteiger partial charge is 0.480 e. The average Bonchev–Trinajstić information content (AvgIpc) is 2.66. The van der Waals surface area contributed by atoms with Crippen molar-refractivity contribution < 1.29 is 14.7 Å². The Morgan fingerprint density at radius 2 is 2.33 bits per heavy atom. The molecule has 1 saturated heterocycles. The lowest BCUT2D eigenvalue weighted by atomic mass is 10.2. The van der Waals surface area contributed by atoms with Crippen LogP contribution in [-0.4, -0.2) is 41.1 Å². The Hall–Kier alpha value is -1.70. The molecule has 2 amide bonds. The lowest BCUT2D eigenvalue weighted by molar-refractivity contribution is -0.141. The van der Waals surface area contributed by atoms with Gasteiger partial charge in [0.1, 0.15) is 6.04 Å². The lowest BCUT2D eigenvalue weighted by Gasteiger charge is -2.20. The van der Waals surface area contributed by atoms with E-state index in [1.54, 1.807) is 6.92 Å². The summed E-state index contributed by atoms with van der Waals surface area (Å²) in [6.45, 7) is 2.45. The van der Waals surface area contributed by atoms with Crippen LogP contribution in [0.2, 0.25) is 0 Å². The highest BCUT2D eigenvalue weighted by molar-refractivity contribution is 5.83. The predicted octanol–water partition coefficient (Wildman–Crippen LogP) is 0.268. The van der Waals surface area contributed by atoms with Crippen LogP contribution in [0.25, 0.3) is 0 Å². The van der Waals surface area contributed by atoms with Crippen LogP contribution in [0.1, 0.15) is 19.8 Å². The summed E-state index contributed by atoms with van der Waals surface area (Å²) < 4.78 is 0. The Bertz CT molecular complexity index is 316. The van der Waals surface area contributed by atoms with E-state index in [4.69, 9.17) is 5.11 Å². The molecule has 0 saturated carbocycles. The quantitative estimate of drug-likeness (QED) is 0.643. The molecular formula is C10H14N2O3. The molecule has 0 unspecified atom stereocenters. The molecule has 5 nitrogen and oxygen atoms in total. The van der Waals surface area contributed by atoms with Gasteiger partial charge in [-0.3, -0.25) is 0 Å². The van der Waals surface area contributed by atoms with Gasteiger partial charge in [-0.25, -0.2) is 9.59 Å². The summed E-state index contributed by atoms with van der Waals surface area (Å²) in [6, 6.07) is -1.03. The molecule has 1 aliphatic heterocycles. The van der Waals surface area contributed by atoms with E-state index in [0.29, 0.717) is 13.0 Å². The minimum absolute atomic E-state index is 0.262. The molecule has 1 rings (SSSR count). The molecule has 0 aliphatic carbocycles. The van der Waals surface area contributed by atoms with Gasteiger partial charge in [-0.15, -0.1) is 5.92 Å². The second-order valence-corrected chi connectivity index (χ2v) is 3.28. The monoisotopic (exact) mass is 210 g/mol. The van der Waals surface area contributed by atoms with Gasteiger partial charge < -0.3 is 15.3 Å². The molecule has 15 heavy (non-hydrogen) atoms. The summed E-state index contributed by atoms with van der Waals surface area (Å²) in [6.07, 6.45) is 1.27. The minimum Gasteiger partial charge on any atom is -0.480 e. The van der Waals surface area contributed by atoms with Gasteiger partial charge in [0.05, 0.1) is 6.54 Å². The van der Waals surface area contributed by atoms with E-state index in [-0.39, 0.29) is 12.6 Å². The fourth-order valence-corrected chi connectivity index (χ4v) is 1.58. The number of urea groups is 1. The van der Waals surface area contributed by atoms with E-state index in [9.17, 15) is 9.59 Å². The van der Waals surface area contributed by atoms with Crippen LogP contribution in [0.15, 0.2) is 0 Å². The highest BCUT2D eigenvalue weighted by Crippen LogP contribution is 2.16. The second-order valence-electron chi connectivity index (χ2n) is 3.28. The predicted molar refractivity (Wildman–Crippen MR) is 54.2 cm³/mol. The number of carbonyl (C=O) groups is 2. The van der Waals surface area contributed by atoms with Crippen LogP contribution in [0.3, 0.4) is 0 Å². The third-order valence-corrected chi connectivity index (χ3v) is 2.30. The third kappa shape index (κ3) is 2.88. The number of hydrogen-bond acceptors (Lipinski definition) is 2. The summed E-state index contributed by atoms with van der Waals surface area (Å²) in [4.78, 5) is 23.7. The fourth-order valence-electron chi connectivity index (χ4n) is 1.58. The zero-order chi connectivity index (χ0) is 11.3. The first kappa shape index (κ1) is 11.4. The van der Waals surface area contributed by atoms with Crippen molar-refractivity contribution in [3.05, 3.63) is 0 Å². The zero-order valence-corrected chi connectivity index (χ0v) is 8.62. The summed E-state index contributed by atoms with van der Waals surface area (Å²) in [5, 5.41) is 11.4. The summed E-state index contributed by atoms with van der Waals surface area (Å²) in [5.41, 5.74) is 0. The Morgan fingerprint density at radius 1 is 1.60 bits per heavy atom. The highest BCUT2D eigenvalue weighted by atomic mass is 16.4. The molecule has 82 valence electrons. The van der Waals surface area contributed by atoms with Crippen LogP contribution in [0.4, 0.5) is 4.79 Å². The van der Waals surface area contributed by atoms with E-state index < -0.39 is 12.0 Å². The second kappa shape index (κ2) is 5.25. The van der Waals surface area contributed by atoms with Crippen molar-refractivity contribution in [3.8, 4) is 11.8 Å². The van der Waals surface area contributed by atoms with Crippen molar-refractivity contribution in [2.45, 2.75) is 25.8 Å². The van der Waals surface area contributed by atoms with Crippen LogP contribution >= 0.6 is 0 Å². The molecule has 5 heteroatoms. The number of rotatable bonds is 2. The average molecular weight is 210 g/mol. The van der Waals surface area contributed by atoms with Gasteiger partial charge in [0.2, 0.25) is 0 Å². The maximum absolute atomic E-state index is 11.5. The first-order valence-electron chi connectivity index (χ1n) is 4.83. The standard InChI is InChI=1S/C10H14N2O3/c1-2-3-6-11-10(15)12-7-4-5-8(12)9(13)14/h8H,4-7H2,1H3,(H,11,15)(H,13,14)/t8-/m0/s1. The van der Waals surface area contributed by atoms with Gasteiger partial charge >= 0.3 is 12.0 Å². The molecule has 0 aromatic carbocycles. The van der Waals surface area contributed by atoms with E-state index in [0.717, 1.165) is 6.42 Å². The smallest absolute Gasteiger partial charge is 0.326 e. The summed E-state index contributed by atoms with van der Waals surface area (Å²) in [7, 11) is 0. The number of carbonyl (C=O) groups excluding carboxylic acids is 1. The summed E-state index contributed by atoms with van der Waals surface area (Å²) in [5.74, 6) is 4.40. The maximum atomic E-state index is 11.5. The number of hydrogen-bond donors (Lipinski definition) is 2. The maximum Gasteiger partial charge on any atom is 0.326 e. The van der Waals surface area contributed by atoms with Crippen molar-refractivity contribution in [2.75, 3.05) is 13.1 Å². The minimum atomic E-state index is -0.941. The van der Waals surface area contributed by atoms with Crippen molar-refractivity contribution in [3.63, 3.8) is 0 Å². The van der Waals surface area contributed by atoms with Gasteiger partial charge in [0, 0.05) is 6.54 Å². The molecule has 1 atom stereocenters. The molecule has 1 aliphatic rings. The van der Waals surface area contributed by atoms with Crippen LogP contribution in [0, 0.1) is 11.8 Å². The number of carboxylic acid groups (broad SMARTS) is 1. The van der Waals surface area contributed by atoms with Crippen molar-refractivity contribution in [2.24, 2.45) is 0 Å². The third-order valence-electron chi connectivity index (χ3n) is 2.30. The molecule has 0 aromatic heterocycles. The molecular weight excluding hydrogens is 196 g/mol. The van der Waals surface area contributed by atoms with E-state index >= 15 is 0 Å². The number of amides is 2. The van der Waals surface area contributed by atoms with E-state index in [1.165, 1.54) is 4.90 Å². The normalized spacial score (nSPS) is 19.3. The van der Waals surface area contributed by atoms with E-state index in [2.05, 4.69) is 17.2 Å². The molecule has 0 bridgehead atoms. The zero-order valence-electron chi connectivity index (χ0n) is 8.62. The number of carboxylic acids is 1. The number of nitrogens with zero attached hydrogens (tertiary/aromatic N) is 1. The van der Waals surface area contributed by atoms with Gasteiger partial charge in [0.25, 0.3) is 0 Å². The Kier molecular flexibility index (Phi) is 3.98. The topological polar surface area (TPSA) is 69.6 Å². The Labute approximate surface area is 88.4 Å².